The summed E-state index contributed by atoms with van der Waals surface area (Å²) in [5, 5.41) is 0. The van der Waals surface area contributed by atoms with Crippen LogP contribution in [0.2, 0.25) is 0 Å². The van der Waals surface area contributed by atoms with Gasteiger partial charge in [0.25, 0.3) is 5.56 Å². The maximum Gasteiger partial charge on any atom is 0.251 e. The summed E-state index contributed by atoms with van der Waals surface area (Å²) < 4.78 is 1.04. The van der Waals surface area contributed by atoms with Crippen LogP contribution in [0.15, 0.2) is 44.5 Å². The first kappa shape index (κ1) is 14.3. The topological polar surface area (TPSA) is 71.8 Å². The van der Waals surface area contributed by atoms with Gasteiger partial charge in [-0.15, -0.1) is 11.8 Å². The molecular formula is C13H14BrN3OS. The Balaban J connectivity index is 2.11. The molecule has 0 fully saturated rings. The van der Waals surface area contributed by atoms with Crippen molar-refractivity contribution in [3.63, 3.8) is 0 Å². The minimum absolute atomic E-state index is 0.124. The zero-order chi connectivity index (χ0) is 13.7. The Hall–Kier alpha value is -1.11. The van der Waals surface area contributed by atoms with E-state index in [4.69, 9.17) is 5.73 Å². The van der Waals surface area contributed by atoms with Crippen LogP contribution in [0.5, 0.6) is 0 Å². The lowest BCUT2D eigenvalue weighted by Gasteiger charge is -2.05. The van der Waals surface area contributed by atoms with E-state index in [1.165, 1.54) is 6.07 Å². The molecule has 0 radical (unpaired) electrons. The molecule has 0 unspecified atom stereocenters. The summed E-state index contributed by atoms with van der Waals surface area (Å²) in [7, 11) is 0. The van der Waals surface area contributed by atoms with Crippen LogP contribution >= 0.6 is 27.7 Å². The largest absolute Gasteiger partial charge is 0.330 e. The summed E-state index contributed by atoms with van der Waals surface area (Å²) in [4.78, 5) is 19.8. The molecule has 1 aromatic carbocycles. The molecule has 1 aromatic heterocycles. The molecule has 0 amide bonds. The number of rotatable bonds is 5. The third-order valence-corrected chi connectivity index (χ3v) is 4.48. The maximum atomic E-state index is 11.5. The SMILES string of the molecule is NCCc1cc(=O)[nH]c(CSc2ccccc2Br)n1. The Bertz CT molecular complexity index is 615. The summed E-state index contributed by atoms with van der Waals surface area (Å²) in [6.45, 7) is 0.493. The van der Waals surface area contributed by atoms with Crippen molar-refractivity contribution < 1.29 is 0 Å². The molecule has 0 aliphatic carbocycles. The van der Waals surface area contributed by atoms with E-state index in [2.05, 4.69) is 25.9 Å². The quantitative estimate of drug-likeness (QED) is 0.820. The van der Waals surface area contributed by atoms with Gasteiger partial charge in [-0.05, 0) is 34.6 Å². The lowest BCUT2D eigenvalue weighted by molar-refractivity contribution is 0.872. The number of aromatic amines is 1. The van der Waals surface area contributed by atoms with E-state index in [-0.39, 0.29) is 5.56 Å². The second-order valence-corrected chi connectivity index (χ2v) is 5.81. The number of hydrogen-bond donors (Lipinski definition) is 2. The Morgan fingerprint density at radius 3 is 2.89 bits per heavy atom. The second kappa shape index (κ2) is 6.88. The van der Waals surface area contributed by atoms with Gasteiger partial charge in [0, 0.05) is 27.5 Å². The van der Waals surface area contributed by atoms with Crippen LogP contribution in [0.3, 0.4) is 0 Å². The highest BCUT2D eigenvalue weighted by molar-refractivity contribution is 9.10. The molecule has 0 atom stereocenters. The average Bonchev–Trinajstić information content (AvgIpc) is 2.37. The summed E-state index contributed by atoms with van der Waals surface area (Å²) in [6.07, 6.45) is 0.622. The highest BCUT2D eigenvalue weighted by Gasteiger charge is 2.04. The van der Waals surface area contributed by atoms with Gasteiger partial charge in [0.05, 0.1) is 5.75 Å². The van der Waals surface area contributed by atoms with Crippen molar-refractivity contribution >= 4 is 27.7 Å². The van der Waals surface area contributed by atoms with E-state index in [9.17, 15) is 4.79 Å². The fraction of sp³-hybridized carbons (Fsp3) is 0.231. The van der Waals surface area contributed by atoms with E-state index >= 15 is 0 Å². The van der Waals surface area contributed by atoms with E-state index in [0.29, 0.717) is 24.5 Å². The fourth-order valence-corrected chi connectivity index (χ4v) is 3.05. The van der Waals surface area contributed by atoms with Crippen LogP contribution in [0.25, 0.3) is 0 Å². The Labute approximate surface area is 124 Å². The van der Waals surface area contributed by atoms with Gasteiger partial charge >= 0.3 is 0 Å². The molecule has 4 nitrogen and oxygen atoms in total. The van der Waals surface area contributed by atoms with Crippen LogP contribution in [-0.4, -0.2) is 16.5 Å². The molecule has 6 heteroatoms. The number of halogens is 1. The molecule has 3 N–H and O–H groups in total. The summed E-state index contributed by atoms with van der Waals surface area (Å²) in [6, 6.07) is 9.46. The van der Waals surface area contributed by atoms with E-state index in [0.717, 1.165) is 15.1 Å². The van der Waals surface area contributed by atoms with Crippen molar-refractivity contribution in [2.45, 2.75) is 17.1 Å². The Kier molecular flexibility index (Phi) is 5.18. The Morgan fingerprint density at radius 2 is 2.16 bits per heavy atom. The van der Waals surface area contributed by atoms with Crippen LogP contribution < -0.4 is 11.3 Å². The van der Waals surface area contributed by atoms with Crippen LogP contribution in [-0.2, 0) is 12.2 Å². The number of H-pyrrole nitrogens is 1. The number of nitrogens with two attached hydrogens (primary N) is 1. The van der Waals surface area contributed by atoms with E-state index in [1.54, 1.807) is 11.8 Å². The fourth-order valence-electron chi connectivity index (χ4n) is 1.62. The van der Waals surface area contributed by atoms with Gasteiger partial charge in [0.1, 0.15) is 5.82 Å². The third-order valence-electron chi connectivity index (χ3n) is 2.45. The van der Waals surface area contributed by atoms with Gasteiger partial charge in [0.15, 0.2) is 0 Å². The van der Waals surface area contributed by atoms with Gasteiger partial charge in [-0.3, -0.25) is 4.79 Å². The minimum Gasteiger partial charge on any atom is -0.330 e. The van der Waals surface area contributed by atoms with Gasteiger partial charge in [-0.25, -0.2) is 4.98 Å². The van der Waals surface area contributed by atoms with Gasteiger partial charge in [0.2, 0.25) is 0 Å². The van der Waals surface area contributed by atoms with Crippen molar-refractivity contribution in [3.05, 3.63) is 56.7 Å². The molecule has 0 aliphatic heterocycles. The molecule has 1 heterocycles. The lowest BCUT2D eigenvalue weighted by atomic mass is 10.3. The number of nitrogens with zero attached hydrogens (tertiary/aromatic N) is 1. The van der Waals surface area contributed by atoms with E-state index < -0.39 is 0 Å². The molecule has 2 aromatic rings. The van der Waals surface area contributed by atoms with Crippen LogP contribution in [0.1, 0.15) is 11.5 Å². The molecule has 2 rings (SSSR count). The number of hydrogen-bond acceptors (Lipinski definition) is 4. The van der Waals surface area contributed by atoms with Crippen molar-refractivity contribution in [1.29, 1.82) is 0 Å². The summed E-state index contributed by atoms with van der Waals surface area (Å²) in [5.41, 5.74) is 6.10. The summed E-state index contributed by atoms with van der Waals surface area (Å²) in [5.74, 6) is 1.30. The zero-order valence-electron chi connectivity index (χ0n) is 10.2. The molecule has 19 heavy (non-hydrogen) atoms. The second-order valence-electron chi connectivity index (χ2n) is 3.94. The molecular weight excluding hydrogens is 326 g/mol. The monoisotopic (exact) mass is 339 g/mol. The van der Waals surface area contributed by atoms with Gasteiger partial charge in [-0.2, -0.15) is 0 Å². The molecule has 0 saturated carbocycles. The molecule has 100 valence electrons. The van der Waals surface area contributed by atoms with E-state index in [1.807, 2.05) is 24.3 Å². The highest BCUT2D eigenvalue weighted by atomic mass is 79.9. The smallest absolute Gasteiger partial charge is 0.251 e. The van der Waals surface area contributed by atoms with Crippen molar-refractivity contribution in [3.8, 4) is 0 Å². The highest BCUT2D eigenvalue weighted by Crippen LogP contribution is 2.28. The standard InChI is InChI=1S/C13H14BrN3OS/c14-10-3-1-2-4-11(10)19-8-12-16-9(5-6-15)7-13(18)17-12/h1-4,7H,5-6,8,15H2,(H,16,17,18). The summed E-state index contributed by atoms with van der Waals surface area (Å²) >= 11 is 5.12. The predicted molar refractivity (Wildman–Crippen MR) is 81.3 cm³/mol. The van der Waals surface area contributed by atoms with Crippen LogP contribution in [0.4, 0.5) is 0 Å². The minimum atomic E-state index is -0.124. The first-order chi connectivity index (χ1) is 9.19. The normalized spacial score (nSPS) is 10.6. The van der Waals surface area contributed by atoms with Crippen LogP contribution in [0, 0.1) is 0 Å². The molecule has 0 spiro atoms. The maximum absolute atomic E-state index is 11.5. The van der Waals surface area contributed by atoms with Crippen molar-refractivity contribution in [2.24, 2.45) is 5.73 Å². The number of benzene rings is 1. The molecule has 0 saturated heterocycles. The van der Waals surface area contributed by atoms with Gasteiger partial charge < -0.3 is 10.7 Å². The van der Waals surface area contributed by atoms with Crippen molar-refractivity contribution in [1.82, 2.24) is 9.97 Å². The Morgan fingerprint density at radius 1 is 1.37 bits per heavy atom. The first-order valence-corrected chi connectivity index (χ1v) is 7.63. The van der Waals surface area contributed by atoms with Crippen molar-refractivity contribution in [2.75, 3.05) is 6.54 Å². The number of aromatic nitrogens is 2. The third kappa shape index (κ3) is 4.19. The first-order valence-electron chi connectivity index (χ1n) is 5.85. The zero-order valence-corrected chi connectivity index (χ0v) is 12.6. The molecule has 0 bridgehead atoms. The predicted octanol–water partition coefficient (Wildman–Crippen LogP) is 2.33. The number of nitrogens with one attached hydrogen (secondary N) is 1. The average molecular weight is 340 g/mol. The number of thioether (sulfide) groups is 1. The lowest BCUT2D eigenvalue weighted by Crippen LogP contribution is -2.14. The van der Waals surface area contributed by atoms with Gasteiger partial charge in [-0.1, -0.05) is 12.1 Å². The molecule has 0 aliphatic rings.